The Bertz CT molecular complexity index is 717. The van der Waals surface area contributed by atoms with E-state index >= 15 is 0 Å². The number of aromatic nitrogens is 1. The third kappa shape index (κ3) is 3.00. The summed E-state index contributed by atoms with van der Waals surface area (Å²) in [6.07, 6.45) is 1.34. The molecule has 0 saturated carbocycles. The second-order valence-electron chi connectivity index (χ2n) is 4.00. The number of pyridine rings is 1. The van der Waals surface area contributed by atoms with Crippen LogP contribution in [0.3, 0.4) is 0 Å². The quantitative estimate of drug-likeness (QED) is 0.900. The molecule has 0 aliphatic rings. The Kier molecular flexibility index (Phi) is 3.39. The molecule has 1 heterocycles. The van der Waals surface area contributed by atoms with Gasteiger partial charge in [0.05, 0.1) is 16.8 Å². The summed E-state index contributed by atoms with van der Waals surface area (Å²) in [5.41, 5.74) is 6.55. The average Bonchev–Trinajstić information content (AvgIpc) is 2.33. The second-order valence-corrected chi connectivity index (χ2v) is 5.68. The van der Waals surface area contributed by atoms with Crippen molar-refractivity contribution in [3.05, 3.63) is 47.9 Å². The van der Waals surface area contributed by atoms with E-state index in [0.717, 1.165) is 6.07 Å². The molecule has 0 unspecified atom stereocenters. The molecule has 7 heteroatoms. The van der Waals surface area contributed by atoms with Gasteiger partial charge in [0.2, 0.25) is 0 Å². The van der Waals surface area contributed by atoms with Gasteiger partial charge in [-0.05, 0) is 36.8 Å². The van der Waals surface area contributed by atoms with Gasteiger partial charge in [-0.2, -0.15) is 0 Å². The highest BCUT2D eigenvalue weighted by Crippen LogP contribution is 2.19. The van der Waals surface area contributed by atoms with E-state index in [9.17, 15) is 12.8 Å². The average molecular weight is 281 g/mol. The van der Waals surface area contributed by atoms with Crippen molar-refractivity contribution in [3.8, 4) is 0 Å². The van der Waals surface area contributed by atoms with Gasteiger partial charge in [0, 0.05) is 0 Å². The number of rotatable bonds is 3. The highest BCUT2D eigenvalue weighted by molar-refractivity contribution is 7.92. The maximum atomic E-state index is 13.0. The summed E-state index contributed by atoms with van der Waals surface area (Å²) < 4.78 is 39.4. The summed E-state index contributed by atoms with van der Waals surface area (Å²) in [6.45, 7) is 1.67. The summed E-state index contributed by atoms with van der Waals surface area (Å²) in [5, 5.41) is 0. The van der Waals surface area contributed by atoms with Crippen molar-refractivity contribution in [3.63, 3.8) is 0 Å². The molecule has 0 atom stereocenters. The molecule has 0 radical (unpaired) electrons. The fourth-order valence-corrected chi connectivity index (χ4v) is 2.64. The van der Waals surface area contributed by atoms with Gasteiger partial charge < -0.3 is 5.73 Å². The van der Waals surface area contributed by atoms with Crippen LogP contribution in [0, 0.1) is 12.7 Å². The summed E-state index contributed by atoms with van der Waals surface area (Å²) in [7, 11) is -3.86. The van der Waals surface area contributed by atoms with Crippen LogP contribution in [-0.2, 0) is 10.0 Å². The number of aryl methyl sites for hydroxylation is 1. The van der Waals surface area contributed by atoms with E-state index in [1.807, 2.05) is 0 Å². The van der Waals surface area contributed by atoms with Crippen molar-refractivity contribution in [1.82, 2.24) is 4.98 Å². The van der Waals surface area contributed by atoms with E-state index in [0.29, 0.717) is 11.3 Å². The number of sulfonamides is 1. The summed E-state index contributed by atoms with van der Waals surface area (Å²) in [5.74, 6) is -0.455. The van der Waals surface area contributed by atoms with Crippen LogP contribution in [-0.4, -0.2) is 13.4 Å². The number of halogens is 1. The van der Waals surface area contributed by atoms with Crippen molar-refractivity contribution < 1.29 is 12.8 Å². The molecule has 19 heavy (non-hydrogen) atoms. The molecule has 2 rings (SSSR count). The lowest BCUT2D eigenvalue weighted by molar-refractivity contribution is 0.595. The van der Waals surface area contributed by atoms with Gasteiger partial charge in [-0.1, -0.05) is 6.07 Å². The number of hydrogen-bond acceptors (Lipinski definition) is 4. The molecule has 0 aliphatic heterocycles. The van der Waals surface area contributed by atoms with Crippen molar-refractivity contribution in [2.75, 3.05) is 10.5 Å². The first-order chi connectivity index (χ1) is 8.88. The molecular formula is C12H12FN3O2S. The first-order valence-corrected chi connectivity index (χ1v) is 6.87. The number of nitrogens with two attached hydrogens (primary N) is 1. The zero-order chi connectivity index (χ0) is 14.0. The first-order valence-electron chi connectivity index (χ1n) is 5.39. The van der Waals surface area contributed by atoms with Gasteiger partial charge in [0.1, 0.15) is 11.6 Å². The van der Waals surface area contributed by atoms with Crippen LogP contribution in [0.2, 0.25) is 0 Å². The summed E-state index contributed by atoms with van der Waals surface area (Å²) in [4.78, 5) is 3.74. The normalized spacial score (nSPS) is 11.3. The van der Waals surface area contributed by atoms with Crippen LogP contribution in [0.1, 0.15) is 5.56 Å². The number of nitrogens with zero attached hydrogens (tertiary/aromatic N) is 1. The van der Waals surface area contributed by atoms with Crippen molar-refractivity contribution in [2.45, 2.75) is 11.8 Å². The summed E-state index contributed by atoms with van der Waals surface area (Å²) in [6, 6.07) is 6.34. The zero-order valence-corrected chi connectivity index (χ0v) is 10.9. The molecule has 5 nitrogen and oxygen atoms in total. The standard InChI is InChI=1S/C12H12FN3O2S/c1-8-5-10(14)7-15-12(8)16-19(17,18)11-4-2-3-9(13)6-11/h2-7H,14H2,1H3,(H,15,16). The molecule has 0 aliphatic carbocycles. The van der Waals surface area contributed by atoms with Crippen LogP contribution in [0.4, 0.5) is 15.9 Å². The van der Waals surface area contributed by atoms with Gasteiger partial charge in [-0.15, -0.1) is 0 Å². The summed E-state index contributed by atoms with van der Waals surface area (Å²) >= 11 is 0. The Morgan fingerprint density at radius 2 is 2.05 bits per heavy atom. The molecule has 2 aromatic rings. The number of nitrogen functional groups attached to an aromatic ring is 1. The van der Waals surface area contributed by atoms with Crippen LogP contribution >= 0.6 is 0 Å². The number of benzene rings is 1. The van der Waals surface area contributed by atoms with Gasteiger partial charge >= 0.3 is 0 Å². The van der Waals surface area contributed by atoms with Gasteiger partial charge in [-0.3, -0.25) is 4.72 Å². The van der Waals surface area contributed by atoms with E-state index in [1.54, 1.807) is 13.0 Å². The Labute approximate surface area is 110 Å². The molecule has 3 N–H and O–H groups in total. The Morgan fingerprint density at radius 3 is 2.68 bits per heavy atom. The molecule has 0 saturated heterocycles. The molecule has 1 aromatic carbocycles. The number of anilines is 2. The first kappa shape index (κ1) is 13.3. The SMILES string of the molecule is Cc1cc(N)cnc1NS(=O)(=O)c1cccc(F)c1. The highest BCUT2D eigenvalue weighted by atomic mass is 32.2. The minimum absolute atomic E-state index is 0.162. The number of hydrogen-bond donors (Lipinski definition) is 2. The van der Waals surface area contributed by atoms with Gasteiger partial charge in [-0.25, -0.2) is 17.8 Å². The Balaban J connectivity index is 2.36. The van der Waals surface area contributed by atoms with E-state index in [-0.39, 0.29) is 10.7 Å². The maximum Gasteiger partial charge on any atom is 0.263 e. The molecule has 100 valence electrons. The monoisotopic (exact) mass is 281 g/mol. The lowest BCUT2D eigenvalue weighted by atomic mass is 10.3. The predicted molar refractivity (Wildman–Crippen MR) is 70.6 cm³/mol. The molecule has 0 amide bonds. The van der Waals surface area contributed by atoms with Crippen LogP contribution in [0.5, 0.6) is 0 Å². The topological polar surface area (TPSA) is 85.1 Å². The van der Waals surface area contributed by atoms with Crippen LogP contribution < -0.4 is 10.5 Å². The van der Waals surface area contributed by atoms with Crippen molar-refractivity contribution >= 4 is 21.5 Å². The maximum absolute atomic E-state index is 13.0. The fourth-order valence-electron chi connectivity index (χ4n) is 1.52. The molecule has 0 spiro atoms. The van der Waals surface area contributed by atoms with Crippen LogP contribution in [0.25, 0.3) is 0 Å². The molecule has 1 aromatic heterocycles. The minimum Gasteiger partial charge on any atom is -0.397 e. The second kappa shape index (κ2) is 4.85. The van der Waals surface area contributed by atoms with Crippen LogP contribution in [0.15, 0.2) is 41.4 Å². The largest absolute Gasteiger partial charge is 0.397 e. The third-order valence-electron chi connectivity index (χ3n) is 2.44. The van der Waals surface area contributed by atoms with E-state index in [4.69, 9.17) is 5.73 Å². The Hall–Kier alpha value is -2.15. The van der Waals surface area contributed by atoms with E-state index < -0.39 is 15.8 Å². The van der Waals surface area contributed by atoms with Gasteiger partial charge in [0.25, 0.3) is 10.0 Å². The predicted octanol–water partition coefficient (Wildman–Crippen LogP) is 1.91. The Morgan fingerprint density at radius 1 is 1.32 bits per heavy atom. The molecule has 0 fully saturated rings. The van der Waals surface area contributed by atoms with E-state index in [2.05, 4.69) is 9.71 Å². The van der Waals surface area contributed by atoms with Gasteiger partial charge in [0.15, 0.2) is 0 Å². The smallest absolute Gasteiger partial charge is 0.263 e. The fraction of sp³-hybridized carbons (Fsp3) is 0.0833. The van der Waals surface area contributed by atoms with E-state index in [1.165, 1.54) is 24.4 Å². The highest BCUT2D eigenvalue weighted by Gasteiger charge is 2.16. The lowest BCUT2D eigenvalue weighted by Crippen LogP contribution is -2.15. The van der Waals surface area contributed by atoms with Crippen molar-refractivity contribution in [2.24, 2.45) is 0 Å². The van der Waals surface area contributed by atoms with Crippen molar-refractivity contribution in [1.29, 1.82) is 0 Å². The molecular weight excluding hydrogens is 269 g/mol. The minimum atomic E-state index is -3.86. The zero-order valence-electron chi connectivity index (χ0n) is 10.1. The lowest BCUT2D eigenvalue weighted by Gasteiger charge is -2.10. The number of nitrogens with one attached hydrogen (secondary N) is 1. The third-order valence-corrected chi connectivity index (χ3v) is 3.77. The molecule has 0 bridgehead atoms.